The topological polar surface area (TPSA) is 25.4 Å². The van der Waals surface area contributed by atoms with Crippen molar-refractivity contribution in [1.29, 1.82) is 0 Å². The third-order valence-corrected chi connectivity index (χ3v) is 4.28. The van der Waals surface area contributed by atoms with Crippen LogP contribution in [0.1, 0.15) is 30.4 Å². The molecule has 1 unspecified atom stereocenters. The molecule has 1 atom stereocenters. The summed E-state index contributed by atoms with van der Waals surface area (Å²) >= 11 is 6.08. The normalized spacial score (nSPS) is 17.5. The standard InChI is InChI=1S/C17H19ClN2O/c1-12-9-10-20(17-15(12)7-8-16(18)19-17)11-13-3-5-14(21-2)6-4-13/h3-8,12H,9-11H2,1-2H3. The summed E-state index contributed by atoms with van der Waals surface area (Å²) in [5.41, 5.74) is 2.54. The van der Waals surface area contributed by atoms with Crippen LogP contribution in [0, 0.1) is 0 Å². The second kappa shape index (κ2) is 5.94. The Morgan fingerprint density at radius 3 is 2.71 bits per heavy atom. The van der Waals surface area contributed by atoms with E-state index in [2.05, 4.69) is 35.0 Å². The van der Waals surface area contributed by atoms with Crippen LogP contribution < -0.4 is 9.64 Å². The van der Waals surface area contributed by atoms with E-state index >= 15 is 0 Å². The smallest absolute Gasteiger partial charge is 0.134 e. The summed E-state index contributed by atoms with van der Waals surface area (Å²) in [6.45, 7) is 4.10. The summed E-state index contributed by atoms with van der Waals surface area (Å²) in [6.07, 6.45) is 1.15. The highest BCUT2D eigenvalue weighted by Crippen LogP contribution is 2.35. The summed E-state index contributed by atoms with van der Waals surface area (Å²) in [5.74, 6) is 2.45. The van der Waals surface area contributed by atoms with Crippen molar-refractivity contribution in [2.24, 2.45) is 0 Å². The Balaban J connectivity index is 1.86. The summed E-state index contributed by atoms with van der Waals surface area (Å²) < 4.78 is 5.20. The first-order valence-corrected chi connectivity index (χ1v) is 7.59. The number of hydrogen-bond acceptors (Lipinski definition) is 3. The number of methoxy groups -OCH3 is 1. The zero-order valence-corrected chi connectivity index (χ0v) is 13.1. The minimum atomic E-state index is 0.539. The number of fused-ring (bicyclic) bond motifs is 1. The first-order chi connectivity index (χ1) is 10.2. The van der Waals surface area contributed by atoms with E-state index in [1.807, 2.05) is 18.2 Å². The monoisotopic (exact) mass is 302 g/mol. The van der Waals surface area contributed by atoms with Gasteiger partial charge in [-0.2, -0.15) is 0 Å². The van der Waals surface area contributed by atoms with Crippen molar-refractivity contribution in [2.45, 2.75) is 25.8 Å². The number of anilines is 1. The highest BCUT2D eigenvalue weighted by molar-refractivity contribution is 6.29. The molecule has 0 fully saturated rings. The van der Waals surface area contributed by atoms with Crippen molar-refractivity contribution < 1.29 is 4.74 Å². The number of halogens is 1. The van der Waals surface area contributed by atoms with Gasteiger partial charge in [0, 0.05) is 13.1 Å². The van der Waals surface area contributed by atoms with E-state index < -0.39 is 0 Å². The molecule has 2 aromatic rings. The molecule has 2 heterocycles. The highest BCUT2D eigenvalue weighted by Gasteiger charge is 2.23. The molecule has 1 aromatic heterocycles. The minimum absolute atomic E-state index is 0.539. The Bertz CT molecular complexity index is 627. The average Bonchev–Trinajstić information content (AvgIpc) is 2.51. The maximum atomic E-state index is 6.08. The fraction of sp³-hybridized carbons (Fsp3) is 0.353. The summed E-state index contributed by atoms with van der Waals surface area (Å²) in [7, 11) is 1.68. The van der Waals surface area contributed by atoms with Gasteiger partial charge in [-0.15, -0.1) is 0 Å². The molecule has 0 saturated heterocycles. The lowest BCUT2D eigenvalue weighted by molar-refractivity contribution is 0.414. The molecule has 0 N–H and O–H groups in total. The van der Waals surface area contributed by atoms with E-state index in [9.17, 15) is 0 Å². The molecule has 110 valence electrons. The van der Waals surface area contributed by atoms with E-state index in [1.165, 1.54) is 11.1 Å². The van der Waals surface area contributed by atoms with E-state index in [4.69, 9.17) is 16.3 Å². The van der Waals surface area contributed by atoms with E-state index in [1.54, 1.807) is 7.11 Å². The van der Waals surface area contributed by atoms with Crippen LogP contribution in [0.25, 0.3) is 0 Å². The van der Waals surface area contributed by atoms with Crippen molar-refractivity contribution in [3.8, 4) is 5.75 Å². The van der Waals surface area contributed by atoms with Crippen molar-refractivity contribution in [1.82, 2.24) is 4.98 Å². The average molecular weight is 303 g/mol. The van der Waals surface area contributed by atoms with Crippen LogP contribution in [0.15, 0.2) is 36.4 Å². The van der Waals surface area contributed by atoms with Gasteiger partial charge in [0.1, 0.15) is 16.7 Å². The summed E-state index contributed by atoms with van der Waals surface area (Å²) in [5, 5.41) is 0.558. The van der Waals surface area contributed by atoms with E-state index in [0.29, 0.717) is 11.1 Å². The molecule has 0 radical (unpaired) electrons. The predicted octanol–water partition coefficient (Wildman–Crippen LogP) is 4.26. The molecule has 0 aliphatic carbocycles. The first-order valence-electron chi connectivity index (χ1n) is 7.21. The van der Waals surface area contributed by atoms with E-state index in [-0.39, 0.29) is 0 Å². The number of pyridine rings is 1. The second-order valence-electron chi connectivity index (χ2n) is 5.51. The van der Waals surface area contributed by atoms with Crippen LogP contribution in [0.5, 0.6) is 5.75 Å². The Morgan fingerprint density at radius 1 is 1.24 bits per heavy atom. The maximum Gasteiger partial charge on any atom is 0.134 e. The molecule has 0 spiro atoms. The van der Waals surface area contributed by atoms with Crippen LogP contribution in [0.3, 0.4) is 0 Å². The first kappa shape index (κ1) is 14.2. The van der Waals surface area contributed by atoms with Crippen LogP contribution in [0.2, 0.25) is 5.15 Å². The van der Waals surface area contributed by atoms with Gasteiger partial charge in [0.2, 0.25) is 0 Å². The maximum absolute atomic E-state index is 6.08. The second-order valence-corrected chi connectivity index (χ2v) is 5.89. The van der Waals surface area contributed by atoms with Crippen LogP contribution in [0.4, 0.5) is 5.82 Å². The molecule has 0 amide bonds. The predicted molar refractivity (Wildman–Crippen MR) is 86.3 cm³/mol. The number of aromatic nitrogens is 1. The lowest BCUT2D eigenvalue weighted by Gasteiger charge is -2.33. The fourth-order valence-electron chi connectivity index (χ4n) is 2.79. The van der Waals surface area contributed by atoms with Gasteiger partial charge in [-0.25, -0.2) is 4.98 Å². The molecular formula is C17H19ClN2O. The molecule has 3 rings (SSSR count). The van der Waals surface area contributed by atoms with Crippen LogP contribution >= 0.6 is 11.6 Å². The number of hydrogen-bond donors (Lipinski definition) is 0. The van der Waals surface area contributed by atoms with Gasteiger partial charge in [-0.1, -0.05) is 36.7 Å². The largest absolute Gasteiger partial charge is 0.497 e. The van der Waals surface area contributed by atoms with Gasteiger partial charge in [0.15, 0.2) is 0 Å². The van der Waals surface area contributed by atoms with Crippen LogP contribution in [-0.2, 0) is 6.54 Å². The molecular weight excluding hydrogens is 284 g/mol. The lowest BCUT2D eigenvalue weighted by atomic mass is 9.94. The zero-order valence-electron chi connectivity index (χ0n) is 12.3. The third-order valence-electron chi connectivity index (χ3n) is 4.07. The van der Waals surface area contributed by atoms with Gasteiger partial charge in [0.25, 0.3) is 0 Å². The van der Waals surface area contributed by atoms with Gasteiger partial charge >= 0.3 is 0 Å². The van der Waals surface area contributed by atoms with Gasteiger partial charge in [-0.3, -0.25) is 0 Å². The third kappa shape index (κ3) is 2.98. The Labute approximate surface area is 130 Å². The van der Waals surface area contributed by atoms with Crippen LogP contribution in [-0.4, -0.2) is 18.6 Å². The van der Waals surface area contributed by atoms with Gasteiger partial charge in [-0.05, 0) is 41.7 Å². The van der Waals surface area contributed by atoms with E-state index in [0.717, 1.165) is 31.1 Å². The molecule has 0 saturated carbocycles. The molecule has 4 heteroatoms. The molecule has 1 aromatic carbocycles. The molecule has 21 heavy (non-hydrogen) atoms. The summed E-state index contributed by atoms with van der Waals surface area (Å²) in [4.78, 5) is 6.85. The molecule has 1 aliphatic heterocycles. The minimum Gasteiger partial charge on any atom is -0.497 e. The highest BCUT2D eigenvalue weighted by atomic mass is 35.5. The number of ether oxygens (including phenoxy) is 1. The number of nitrogens with zero attached hydrogens (tertiary/aromatic N) is 2. The van der Waals surface area contributed by atoms with Gasteiger partial charge < -0.3 is 9.64 Å². The lowest BCUT2D eigenvalue weighted by Crippen LogP contribution is -2.31. The van der Waals surface area contributed by atoms with Crippen molar-refractivity contribution >= 4 is 17.4 Å². The van der Waals surface area contributed by atoms with Crippen molar-refractivity contribution in [3.63, 3.8) is 0 Å². The zero-order chi connectivity index (χ0) is 14.8. The fourth-order valence-corrected chi connectivity index (χ4v) is 2.93. The molecule has 0 bridgehead atoms. The molecule has 3 nitrogen and oxygen atoms in total. The Hall–Kier alpha value is -1.74. The van der Waals surface area contributed by atoms with Crippen molar-refractivity contribution in [2.75, 3.05) is 18.6 Å². The Kier molecular flexibility index (Phi) is 4.02. The van der Waals surface area contributed by atoms with Gasteiger partial charge in [0.05, 0.1) is 7.11 Å². The number of rotatable bonds is 3. The number of benzene rings is 1. The SMILES string of the molecule is COc1ccc(CN2CCC(C)c3ccc(Cl)nc32)cc1. The quantitative estimate of drug-likeness (QED) is 0.792. The molecule has 1 aliphatic rings. The Morgan fingerprint density at radius 2 is 2.00 bits per heavy atom. The summed E-state index contributed by atoms with van der Waals surface area (Å²) in [6, 6.07) is 12.2. The van der Waals surface area contributed by atoms with Crippen molar-refractivity contribution in [3.05, 3.63) is 52.7 Å².